The fourth-order valence-corrected chi connectivity index (χ4v) is 14.3. The molecule has 0 amide bonds. The number of ketones is 1. The molecule has 2 N–H and O–H groups in total. The summed E-state index contributed by atoms with van der Waals surface area (Å²) >= 11 is 0. The molecule has 1 aromatic heterocycles. The predicted octanol–water partition coefficient (Wildman–Crippen LogP) is 4.78. The number of methoxy groups -OCH3 is 3. The number of aromatic amines is 1. The molecule has 16 heteroatoms. The number of para-hydroxylation sites is 1. The number of anilines is 1. The van der Waals surface area contributed by atoms with Crippen LogP contribution in [0, 0.1) is 17.3 Å². The van der Waals surface area contributed by atoms with Crippen molar-refractivity contribution < 1.29 is 57.5 Å². The average molecular weight is 953 g/mol. The molecule has 372 valence electrons. The molecule has 5 aliphatic heterocycles. The third kappa shape index (κ3) is 7.16. The molecular weight excluding hydrogens is 885 g/mol. The molecular formula is C53H68N4O12. The zero-order valence-corrected chi connectivity index (χ0v) is 41.5. The number of likely N-dealkylation sites (N-methyl/N-ethyl adjacent to an activating group) is 1. The van der Waals surface area contributed by atoms with E-state index in [9.17, 15) is 24.3 Å². The normalized spacial score (nSPS) is 33.3. The highest BCUT2D eigenvalue weighted by Gasteiger charge is 2.80. The number of Topliss-reactive ketones (excluding diaryl/α,β-unsaturated/α-hetero) is 1. The Morgan fingerprint density at radius 1 is 0.928 bits per heavy atom. The second-order valence-corrected chi connectivity index (χ2v) is 20.8. The Hall–Kier alpha value is -5.29. The van der Waals surface area contributed by atoms with E-state index in [0.717, 1.165) is 22.0 Å². The van der Waals surface area contributed by atoms with Crippen LogP contribution in [-0.4, -0.2) is 153 Å². The highest BCUT2D eigenvalue weighted by atomic mass is 16.6. The van der Waals surface area contributed by atoms with Crippen LogP contribution >= 0.6 is 0 Å². The lowest BCUT2D eigenvalue weighted by atomic mass is 9.47. The summed E-state index contributed by atoms with van der Waals surface area (Å²) in [5.41, 5.74) is -2.24. The largest absolute Gasteiger partial charge is 0.496 e. The molecule has 3 aromatic rings. The summed E-state index contributed by atoms with van der Waals surface area (Å²) in [4.78, 5) is 79.6. The Morgan fingerprint density at radius 3 is 2.36 bits per heavy atom. The number of aromatic nitrogens is 1. The first-order chi connectivity index (χ1) is 32.9. The van der Waals surface area contributed by atoms with Gasteiger partial charge in [0.2, 0.25) is 5.60 Å². The molecule has 1 aliphatic carbocycles. The van der Waals surface area contributed by atoms with Crippen molar-refractivity contribution in [1.82, 2.24) is 14.8 Å². The summed E-state index contributed by atoms with van der Waals surface area (Å²) < 4.78 is 36.1. The smallest absolute Gasteiger partial charge is 0.344 e. The van der Waals surface area contributed by atoms with Crippen LogP contribution in [0.4, 0.5) is 5.69 Å². The summed E-state index contributed by atoms with van der Waals surface area (Å²) in [6.07, 6.45) is 5.42. The maximum Gasteiger partial charge on any atom is 0.344 e. The van der Waals surface area contributed by atoms with Gasteiger partial charge in [-0.2, -0.15) is 0 Å². The summed E-state index contributed by atoms with van der Waals surface area (Å²) in [6, 6.07) is 10.7. The van der Waals surface area contributed by atoms with Crippen LogP contribution in [0.15, 0.2) is 48.6 Å². The van der Waals surface area contributed by atoms with Crippen molar-refractivity contribution in [2.75, 3.05) is 79.2 Å². The topological polar surface area (TPSA) is 186 Å². The molecule has 2 bridgehead atoms. The average Bonchev–Trinajstić information content (AvgIpc) is 4.00. The molecule has 9 rings (SSSR count). The number of nitrogens with one attached hydrogen (secondary N) is 1. The number of nitrogens with zero attached hydrogens (tertiary/aromatic N) is 3. The first-order valence-electron chi connectivity index (χ1n) is 24.5. The van der Waals surface area contributed by atoms with E-state index in [4.69, 9.17) is 28.4 Å². The number of esters is 4. The quantitative estimate of drug-likeness (QED) is 0.135. The molecule has 6 heterocycles. The van der Waals surface area contributed by atoms with Crippen LogP contribution in [0.25, 0.3) is 10.9 Å². The molecule has 69 heavy (non-hydrogen) atoms. The summed E-state index contributed by atoms with van der Waals surface area (Å²) in [7, 11) is 6.06. The van der Waals surface area contributed by atoms with Gasteiger partial charge in [-0.1, -0.05) is 58.0 Å². The maximum atomic E-state index is 15.7. The van der Waals surface area contributed by atoms with Gasteiger partial charge in [0.05, 0.1) is 27.4 Å². The zero-order chi connectivity index (χ0) is 49.4. The lowest BCUT2D eigenvalue weighted by Crippen LogP contribution is -2.81. The van der Waals surface area contributed by atoms with E-state index in [2.05, 4.69) is 26.9 Å². The van der Waals surface area contributed by atoms with Crippen molar-refractivity contribution in [3.8, 4) is 5.75 Å². The lowest BCUT2D eigenvalue weighted by Gasteiger charge is -2.63. The van der Waals surface area contributed by atoms with Crippen LogP contribution in [-0.2, 0) is 64.9 Å². The van der Waals surface area contributed by atoms with E-state index in [0.29, 0.717) is 87.5 Å². The molecule has 16 nitrogen and oxygen atoms in total. The zero-order valence-electron chi connectivity index (χ0n) is 41.5. The number of ether oxygens (including phenoxy) is 6. The number of benzene rings is 2. The van der Waals surface area contributed by atoms with Crippen LogP contribution in [0.3, 0.4) is 0 Å². The molecule has 0 radical (unpaired) electrons. The second kappa shape index (κ2) is 17.8. The van der Waals surface area contributed by atoms with Crippen LogP contribution in [0.5, 0.6) is 5.75 Å². The minimum Gasteiger partial charge on any atom is -0.496 e. The minimum atomic E-state index is -2.35. The van der Waals surface area contributed by atoms with Crippen molar-refractivity contribution in [3.05, 3.63) is 70.9 Å². The van der Waals surface area contributed by atoms with E-state index in [-0.39, 0.29) is 43.3 Å². The van der Waals surface area contributed by atoms with Crippen LogP contribution < -0.4 is 9.64 Å². The van der Waals surface area contributed by atoms with Crippen molar-refractivity contribution >= 4 is 46.3 Å². The Morgan fingerprint density at radius 2 is 1.68 bits per heavy atom. The van der Waals surface area contributed by atoms with Gasteiger partial charge in [-0.05, 0) is 74.2 Å². The van der Waals surface area contributed by atoms with Crippen molar-refractivity contribution in [1.29, 1.82) is 0 Å². The number of carbonyl (C=O) groups excluding carboxylic acids is 5. The van der Waals surface area contributed by atoms with Crippen molar-refractivity contribution in [2.45, 2.75) is 113 Å². The van der Waals surface area contributed by atoms with E-state index < -0.39 is 63.5 Å². The minimum absolute atomic E-state index is 0.103. The lowest BCUT2D eigenvalue weighted by molar-refractivity contribution is -0.228. The Labute approximate surface area is 403 Å². The Kier molecular flexibility index (Phi) is 12.6. The monoisotopic (exact) mass is 952 g/mol. The van der Waals surface area contributed by atoms with E-state index in [1.54, 1.807) is 21.0 Å². The number of hydrogen-bond donors (Lipinski definition) is 2. The number of H-pyrrole nitrogens is 1. The third-order valence-electron chi connectivity index (χ3n) is 17.0. The molecule has 3 fully saturated rings. The predicted molar refractivity (Wildman–Crippen MR) is 255 cm³/mol. The number of piperidine rings is 1. The molecule has 1 saturated carbocycles. The number of fused-ring (bicyclic) bond motifs is 6. The van der Waals surface area contributed by atoms with E-state index >= 15 is 4.79 Å². The number of carbonyl (C=O) groups is 5. The van der Waals surface area contributed by atoms with E-state index in [1.165, 1.54) is 21.1 Å². The SMILES string of the molecule is CC[C@]1(OC(=O)COCC(=O)C(C)C)C[C@H]2CN(CCc3c([nH]c4ccccc34)C(C(=O)OC)(c3cc4c(cc3OC)N(C)[C@H]3[C@@](O)(C(=O)OC)[C@H](OC(C)=O)[C@]5(CC)C=CCN6CC[C@]43[C@@H]65)C2)C1. The maximum absolute atomic E-state index is 15.7. The van der Waals surface area contributed by atoms with Gasteiger partial charge in [-0.3, -0.25) is 24.2 Å². The van der Waals surface area contributed by atoms with Crippen molar-refractivity contribution in [2.24, 2.45) is 17.3 Å². The van der Waals surface area contributed by atoms with Gasteiger partial charge in [0.15, 0.2) is 11.9 Å². The highest BCUT2D eigenvalue weighted by Crippen LogP contribution is 2.68. The summed E-state index contributed by atoms with van der Waals surface area (Å²) in [5.74, 6) is -2.76. The third-order valence-corrected chi connectivity index (χ3v) is 17.0. The van der Waals surface area contributed by atoms with E-state index in [1.807, 2.05) is 62.2 Å². The summed E-state index contributed by atoms with van der Waals surface area (Å²) in [5, 5.41) is 14.4. The van der Waals surface area contributed by atoms with Gasteiger partial charge in [-0.25, -0.2) is 9.59 Å². The molecule has 10 atom stereocenters. The Bertz CT molecular complexity index is 2590. The van der Waals surface area contributed by atoms with Gasteiger partial charge in [0.25, 0.3) is 0 Å². The molecule has 1 spiro atoms. The summed E-state index contributed by atoms with van der Waals surface area (Å²) in [6.45, 7) is 11.2. The van der Waals surface area contributed by atoms with Gasteiger partial charge in [0, 0.05) is 96.9 Å². The molecule has 2 saturated heterocycles. The highest BCUT2D eigenvalue weighted by molar-refractivity contribution is 5.95. The molecule has 2 unspecified atom stereocenters. The first kappa shape index (κ1) is 48.7. The van der Waals surface area contributed by atoms with Crippen molar-refractivity contribution in [3.63, 3.8) is 0 Å². The number of hydrogen-bond acceptors (Lipinski definition) is 15. The standard InChI is InChI=1S/C53H68N4O12/c1-10-49(69-42(60)29-67-28-40(59)31(3)4)25-33-26-52(47(61)65-8,43-35(17-21-56(27-33)30-49)34-15-12-13-16-38(34)54-43)37-23-36-39(24-41(37)64-7)55(6)45-51(36)19-22-57-20-14-18-50(11-2,44(51)57)46(68-32(5)58)53(45,63)48(62)66-9/h12-16,18,23-24,31,33,44-46,54,63H,10-11,17,19-22,25-30H2,1-9H3/t33-,44+,45-,46-,49+,50-,51-,52?,53+/m1/s1. The van der Waals surface area contributed by atoms with Gasteiger partial charge in [0.1, 0.15) is 30.0 Å². The van der Waals surface area contributed by atoms with Gasteiger partial charge >= 0.3 is 23.9 Å². The fraction of sp³-hybridized carbons (Fsp3) is 0.604. The number of aliphatic hydroxyl groups is 1. The van der Waals surface area contributed by atoms with Gasteiger partial charge < -0.3 is 43.4 Å². The Balaban J connectivity index is 1.26. The first-order valence-corrected chi connectivity index (χ1v) is 24.5. The molecule has 6 aliphatic rings. The van der Waals surface area contributed by atoms with Crippen LogP contribution in [0.1, 0.15) is 89.1 Å². The molecule has 2 aromatic carbocycles. The second-order valence-electron chi connectivity index (χ2n) is 20.8. The van der Waals surface area contributed by atoms with Crippen LogP contribution in [0.2, 0.25) is 0 Å². The number of rotatable bonds is 13. The fourth-order valence-electron chi connectivity index (χ4n) is 14.3. The van der Waals surface area contributed by atoms with Gasteiger partial charge in [-0.15, -0.1) is 0 Å².